The first kappa shape index (κ1) is 13.3. The number of rotatable bonds is 3. The topological polar surface area (TPSA) is 26.3 Å². The zero-order valence-electron chi connectivity index (χ0n) is 11.8. The standard InChI is InChI=1S/C17H18O2/c1-11-5-7-14(8-6-11)16(18)15-9-12(2)17(19-4)13(3)10-15/h5-10H,1-4H3. The zero-order chi connectivity index (χ0) is 14.0. The maximum Gasteiger partial charge on any atom is 0.193 e. The third-order valence-corrected chi connectivity index (χ3v) is 3.24. The van der Waals surface area contributed by atoms with Gasteiger partial charge in [-0.15, -0.1) is 0 Å². The molecule has 0 aliphatic heterocycles. The molecule has 98 valence electrons. The summed E-state index contributed by atoms with van der Waals surface area (Å²) in [5.74, 6) is 0.898. The molecule has 0 aromatic heterocycles. The first-order chi connectivity index (χ1) is 9.02. The van der Waals surface area contributed by atoms with E-state index in [4.69, 9.17) is 4.74 Å². The molecule has 0 bridgehead atoms. The quantitative estimate of drug-likeness (QED) is 0.778. The molecule has 2 nitrogen and oxygen atoms in total. The van der Waals surface area contributed by atoms with E-state index < -0.39 is 0 Å². The summed E-state index contributed by atoms with van der Waals surface area (Å²) in [5.41, 5.74) is 4.55. The number of ketones is 1. The second-order valence-corrected chi connectivity index (χ2v) is 4.84. The maximum atomic E-state index is 12.4. The molecule has 0 N–H and O–H groups in total. The minimum absolute atomic E-state index is 0.0499. The first-order valence-electron chi connectivity index (χ1n) is 6.29. The van der Waals surface area contributed by atoms with Gasteiger partial charge >= 0.3 is 0 Å². The van der Waals surface area contributed by atoms with E-state index in [0.717, 1.165) is 28.0 Å². The van der Waals surface area contributed by atoms with Crippen LogP contribution < -0.4 is 4.74 Å². The Balaban J connectivity index is 2.42. The van der Waals surface area contributed by atoms with Gasteiger partial charge in [-0.05, 0) is 44.0 Å². The summed E-state index contributed by atoms with van der Waals surface area (Å²) >= 11 is 0. The van der Waals surface area contributed by atoms with Crippen molar-refractivity contribution in [3.05, 3.63) is 64.2 Å². The Morgan fingerprint density at radius 2 is 1.42 bits per heavy atom. The Hall–Kier alpha value is -2.09. The number of carbonyl (C=O) groups is 1. The van der Waals surface area contributed by atoms with E-state index >= 15 is 0 Å². The van der Waals surface area contributed by atoms with E-state index in [1.807, 2.05) is 57.2 Å². The van der Waals surface area contributed by atoms with Crippen LogP contribution >= 0.6 is 0 Å². The monoisotopic (exact) mass is 254 g/mol. The summed E-state index contributed by atoms with van der Waals surface area (Å²) in [7, 11) is 1.65. The predicted molar refractivity (Wildman–Crippen MR) is 77.1 cm³/mol. The molecule has 19 heavy (non-hydrogen) atoms. The molecular formula is C17H18O2. The van der Waals surface area contributed by atoms with Crippen LogP contribution in [0.5, 0.6) is 5.75 Å². The lowest BCUT2D eigenvalue weighted by Gasteiger charge is -2.11. The van der Waals surface area contributed by atoms with Crippen molar-refractivity contribution in [1.82, 2.24) is 0 Å². The number of hydrogen-bond donors (Lipinski definition) is 0. The van der Waals surface area contributed by atoms with E-state index in [-0.39, 0.29) is 5.78 Å². The van der Waals surface area contributed by atoms with Crippen LogP contribution in [0.25, 0.3) is 0 Å². The van der Waals surface area contributed by atoms with E-state index in [9.17, 15) is 4.79 Å². The molecular weight excluding hydrogens is 236 g/mol. The van der Waals surface area contributed by atoms with Gasteiger partial charge in [-0.2, -0.15) is 0 Å². The number of carbonyl (C=O) groups excluding carboxylic acids is 1. The lowest BCUT2D eigenvalue weighted by Crippen LogP contribution is -2.03. The van der Waals surface area contributed by atoms with E-state index in [2.05, 4.69) is 0 Å². The Kier molecular flexibility index (Phi) is 3.70. The van der Waals surface area contributed by atoms with Gasteiger partial charge in [0.05, 0.1) is 7.11 Å². The molecule has 2 aromatic rings. The van der Waals surface area contributed by atoms with Crippen LogP contribution in [0.1, 0.15) is 32.6 Å². The van der Waals surface area contributed by atoms with Gasteiger partial charge in [-0.3, -0.25) is 4.79 Å². The van der Waals surface area contributed by atoms with E-state index in [1.165, 1.54) is 0 Å². The molecule has 2 heteroatoms. The van der Waals surface area contributed by atoms with Gasteiger partial charge in [-0.1, -0.05) is 29.8 Å². The molecule has 0 aliphatic rings. The number of hydrogen-bond acceptors (Lipinski definition) is 2. The minimum atomic E-state index is 0.0499. The molecule has 0 saturated carbocycles. The highest BCUT2D eigenvalue weighted by Gasteiger charge is 2.12. The second kappa shape index (κ2) is 5.27. The van der Waals surface area contributed by atoms with Gasteiger partial charge in [0.2, 0.25) is 0 Å². The molecule has 0 fully saturated rings. The van der Waals surface area contributed by atoms with Gasteiger partial charge in [0, 0.05) is 11.1 Å². The summed E-state index contributed by atoms with van der Waals surface area (Å²) in [6.45, 7) is 5.92. The third kappa shape index (κ3) is 2.68. The van der Waals surface area contributed by atoms with Crippen molar-refractivity contribution in [2.75, 3.05) is 7.11 Å². The summed E-state index contributed by atoms with van der Waals surface area (Å²) in [6.07, 6.45) is 0. The highest BCUT2D eigenvalue weighted by molar-refractivity contribution is 6.09. The van der Waals surface area contributed by atoms with Gasteiger partial charge in [-0.25, -0.2) is 0 Å². The molecule has 2 aromatic carbocycles. The Bertz CT molecular complexity index is 587. The predicted octanol–water partition coefficient (Wildman–Crippen LogP) is 3.85. The third-order valence-electron chi connectivity index (χ3n) is 3.24. The van der Waals surface area contributed by atoms with Crippen LogP contribution in [0.2, 0.25) is 0 Å². The van der Waals surface area contributed by atoms with Crippen LogP contribution in [0, 0.1) is 20.8 Å². The van der Waals surface area contributed by atoms with E-state index in [0.29, 0.717) is 5.56 Å². The van der Waals surface area contributed by atoms with Gasteiger partial charge in [0.15, 0.2) is 5.78 Å². The zero-order valence-corrected chi connectivity index (χ0v) is 11.8. The number of ether oxygens (including phenoxy) is 1. The fraction of sp³-hybridized carbons (Fsp3) is 0.235. The SMILES string of the molecule is COc1c(C)cc(C(=O)c2ccc(C)cc2)cc1C. The Labute approximate surface area is 114 Å². The first-order valence-corrected chi connectivity index (χ1v) is 6.29. The molecule has 0 atom stereocenters. The van der Waals surface area contributed by atoms with Crippen molar-refractivity contribution < 1.29 is 9.53 Å². The smallest absolute Gasteiger partial charge is 0.193 e. The Morgan fingerprint density at radius 1 is 0.895 bits per heavy atom. The largest absolute Gasteiger partial charge is 0.496 e. The van der Waals surface area contributed by atoms with Crippen LogP contribution in [0.4, 0.5) is 0 Å². The van der Waals surface area contributed by atoms with Crippen LogP contribution in [-0.4, -0.2) is 12.9 Å². The van der Waals surface area contributed by atoms with E-state index in [1.54, 1.807) is 7.11 Å². The van der Waals surface area contributed by atoms with Crippen molar-refractivity contribution in [3.8, 4) is 5.75 Å². The molecule has 0 aliphatic carbocycles. The molecule has 0 saturated heterocycles. The fourth-order valence-electron chi connectivity index (χ4n) is 2.27. The summed E-state index contributed by atoms with van der Waals surface area (Å²) in [4.78, 5) is 12.4. The molecule has 0 heterocycles. The molecule has 0 unspecified atom stereocenters. The maximum absolute atomic E-state index is 12.4. The highest BCUT2D eigenvalue weighted by atomic mass is 16.5. The van der Waals surface area contributed by atoms with Crippen molar-refractivity contribution in [2.45, 2.75) is 20.8 Å². The summed E-state index contributed by atoms with van der Waals surface area (Å²) in [5, 5.41) is 0. The van der Waals surface area contributed by atoms with Crippen LogP contribution in [-0.2, 0) is 0 Å². The average molecular weight is 254 g/mol. The number of methoxy groups -OCH3 is 1. The second-order valence-electron chi connectivity index (χ2n) is 4.84. The van der Waals surface area contributed by atoms with Crippen molar-refractivity contribution >= 4 is 5.78 Å². The molecule has 0 radical (unpaired) electrons. The molecule has 0 amide bonds. The summed E-state index contributed by atoms with van der Waals surface area (Å²) < 4.78 is 5.32. The Morgan fingerprint density at radius 3 is 1.89 bits per heavy atom. The van der Waals surface area contributed by atoms with Crippen LogP contribution in [0.15, 0.2) is 36.4 Å². The number of benzene rings is 2. The minimum Gasteiger partial charge on any atom is -0.496 e. The highest BCUT2D eigenvalue weighted by Crippen LogP contribution is 2.25. The lowest BCUT2D eigenvalue weighted by molar-refractivity contribution is 0.103. The molecule has 0 spiro atoms. The lowest BCUT2D eigenvalue weighted by atomic mass is 9.98. The normalized spacial score (nSPS) is 10.3. The summed E-state index contributed by atoms with van der Waals surface area (Å²) in [6, 6.07) is 11.4. The van der Waals surface area contributed by atoms with Crippen LogP contribution in [0.3, 0.4) is 0 Å². The average Bonchev–Trinajstić information content (AvgIpc) is 2.38. The van der Waals surface area contributed by atoms with Crippen molar-refractivity contribution in [2.24, 2.45) is 0 Å². The molecule has 2 rings (SSSR count). The van der Waals surface area contributed by atoms with Gasteiger partial charge < -0.3 is 4.74 Å². The van der Waals surface area contributed by atoms with Gasteiger partial charge in [0.1, 0.15) is 5.75 Å². The van der Waals surface area contributed by atoms with Crippen molar-refractivity contribution in [1.29, 1.82) is 0 Å². The fourth-order valence-corrected chi connectivity index (χ4v) is 2.27. The van der Waals surface area contributed by atoms with Gasteiger partial charge in [0.25, 0.3) is 0 Å². The number of aryl methyl sites for hydroxylation is 3. The van der Waals surface area contributed by atoms with Crippen molar-refractivity contribution in [3.63, 3.8) is 0 Å².